The Balaban J connectivity index is 1.77. The molecular formula is C15H21N3O. The minimum atomic E-state index is 0.409. The van der Waals surface area contributed by atoms with Gasteiger partial charge in [-0.2, -0.15) is 4.98 Å². The smallest absolute Gasteiger partial charge is 0.295 e. The number of nitrogens with two attached hydrogens (primary N) is 1. The third-order valence-corrected chi connectivity index (χ3v) is 3.94. The molecule has 1 aromatic carbocycles. The maximum absolute atomic E-state index is 5.75. The second kappa shape index (κ2) is 4.44. The second-order valence-corrected chi connectivity index (χ2v) is 6.35. The highest BCUT2D eigenvalue weighted by Crippen LogP contribution is 2.36. The van der Waals surface area contributed by atoms with Gasteiger partial charge >= 0.3 is 0 Å². The van der Waals surface area contributed by atoms with Crippen LogP contribution >= 0.6 is 0 Å². The van der Waals surface area contributed by atoms with Crippen molar-refractivity contribution in [2.45, 2.75) is 45.6 Å². The zero-order chi connectivity index (χ0) is 13.5. The highest BCUT2D eigenvalue weighted by atomic mass is 16.4. The Morgan fingerprint density at radius 3 is 3.05 bits per heavy atom. The van der Waals surface area contributed by atoms with Crippen molar-refractivity contribution in [3.63, 3.8) is 0 Å². The predicted molar refractivity (Wildman–Crippen MR) is 78.1 cm³/mol. The van der Waals surface area contributed by atoms with Crippen LogP contribution in [0.3, 0.4) is 0 Å². The van der Waals surface area contributed by atoms with Crippen molar-refractivity contribution in [1.82, 2.24) is 4.98 Å². The molecule has 2 aromatic rings. The maximum Gasteiger partial charge on any atom is 0.295 e. The number of benzene rings is 1. The zero-order valence-electron chi connectivity index (χ0n) is 11.6. The van der Waals surface area contributed by atoms with E-state index in [4.69, 9.17) is 10.2 Å². The Morgan fingerprint density at radius 1 is 1.42 bits per heavy atom. The van der Waals surface area contributed by atoms with Crippen LogP contribution in [0.1, 0.15) is 39.5 Å². The molecule has 1 fully saturated rings. The van der Waals surface area contributed by atoms with Gasteiger partial charge in [-0.25, -0.2) is 0 Å². The summed E-state index contributed by atoms with van der Waals surface area (Å²) in [7, 11) is 0. The van der Waals surface area contributed by atoms with Gasteiger partial charge in [0.15, 0.2) is 5.58 Å². The molecule has 1 aliphatic carbocycles. The lowest BCUT2D eigenvalue weighted by Gasteiger charge is -2.35. The van der Waals surface area contributed by atoms with Gasteiger partial charge in [-0.05, 0) is 42.9 Å². The SMILES string of the molecule is CC1(C)CCCC(Nc2nc3cc(N)ccc3o2)C1. The monoisotopic (exact) mass is 259 g/mol. The number of aromatic nitrogens is 1. The Labute approximate surface area is 113 Å². The van der Waals surface area contributed by atoms with E-state index in [1.807, 2.05) is 18.2 Å². The number of nitrogen functional groups attached to an aromatic ring is 1. The first-order chi connectivity index (χ1) is 9.02. The standard InChI is InChI=1S/C15H21N3O/c1-15(2)7-3-4-11(9-15)17-14-18-12-8-10(16)5-6-13(12)19-14/h5-6,8,11H,3-4,7,9,16H2,1-2H3,(H,17,18). The highest BCUT2D eigenvalue weighted by molar-refractivity contribution is 5.78. The molecule has 3 rings (SSSR count). The number of oxazole rings is 1. The summed E-state index contributed by atoms with van der Waals surface area (Å²) < 4.78 is 5.72. The second-order valence-electron chi connectivity index (χ2n) is 6.35. The van der Waals surface area contributed by atoms with Crippen LogP contribution in [0.2, 0.25) is 0 Å². The van der Waals surface area contributed by atoms with Gasteiger partial charge < -0.3 is 15.5 Å². The minimum absolute atomic E-state index is 0.409. The molecule has 0 spiro atoms. The number of nitrogens with zero attached hydrogens (tertiary/aromatic N) is 1. The molecule has 1 heterocycles. The Kier molecular flexibility index (Phi) is 2.88. The lowest BCUT2D eigenvalue weighted by atomic mass is 9.75. The lowest BCUT2D eigenvalue weighted by Crippen LogP contribution is -2.31. The van der Waals surface area contributed by atoms with Crippen molar-refractivity contribution in [2.24, 2.45) is 5.41 Å². The van der Waals surface area contributed by atoms with E-state index in [0.717, 1.165) is 17.5 Å². The summed E-state index contributed by atoms with van der Waals surface area (Å²) in [6.45, 7) is 4.65. The van der Waals surface area contributed by atoms with E-state index in [0.29, 0.717) is 23.2 Å². The summed E-state index contributed by atoms with van der Waals surface area (Å²) in [5.41, 5.74) is 8.48. The van der Waals surface area contributed by atoms with Gasteiger partial charge in [-0.3, -0.25) is 0 Å². The lowest BCUT2D eigenvalue weighted by molar-refractivity contribution is 0.228. The summed E-state index contributed by atoms with van der Waals surface area (Å²) in [6.07, 6.45) is 4.91. The zero-order valence-corrected chi connectivity index (χ0v) is 11.6. The van der Waals surface area contributed by atoms with Crippen LogP contribution in [0.15, 0.2) is 22.6 Å². The molecule has 0 radical (unpaired) electrons. The van der Waals surface area contributed by atoms with E-state index in [1.165, 1.54) is 19.3 Å². The van der Waals surface area contributed by atoms with Gasteiger partial charge in [0.1, 0.15) is 5.52 Å². The Bertz CT molecular complexity index is 588. The van der Waals surface area contributed by atoms with Crippen LogP contribution in [0.25, 0.3) is 11.1 Å². The predicted octanol–water partition coefficient (Wildman–Crippen LogP) is 3.79. The number of nitrogens with one attached hydrogen (secondary N) is 1. The molecule has 19 heavy (non-hydrogen) atoms. The molecule has 0 amide bonds. The van der Waals surface area contributed by atoms with E-state index in [-0.39, 0.29) is 0 Å². The topological polar surface area (TPSA) is 64.1 Å². The maximum atomic E-state index is 5.75. The van der Waals surface area contributed by atoms with Crippen LogP contribution in [-0.4, -0.2) is 11.0 Å². The Morgan fingerprint density at radius 2 is 2.26 bits per heavy atom. The van der Waals surface area contributed by atoms with Crippen LogP contribution < -0.4 is 11.1 Å². The van der Waals surface area contributed by atoms with E-state index in [1.54, 1.807) is 0 Å². The molecule has 0 aliphatic heterocycles. The number of rotatable bonds is 2. The van der Waals surface area contributed by atoms with Gasteiger partial charge in [0.2, 0.25) is 0 Å². The molecule has 0 saturated heterocycles. The Hall–Kier alpha value is -1.71. The van der Waals surface area contributed by atoms with E-state index >= 15 is 0 Å². The highest BCUT2D eigenvalue weighted by Gasteiger charge is 2.28. The van der Waals surface area contributed by atoms with E-state index < -0.39 is 0 Å². The van der Waals surface area contributed by atoms with Crippen molar-refractivity contribution in [3.8, 4) is 0 Å². The molecule has 1 saturated carbocycles. The largest absolute Gasteiger partial charge is 0.424 e. The number of anilines is 2. The first kappa shape index (κ1) is 12.3. The van der Waals surface area contributed by atoms with E-state index in [9.17, 15) is 0 Å². The van der Waals surface area contributed by atoms with Crippen LogP contribution in [-0.2, 0) is 0 Å². The van der Waals surface area contributed by atoms with Crippen LogP contribution in [0.4, 0.5) is 11.7 Å². The summed E-state index contributed by atoms with van der Waals surface area (Å²) in [6, 6.07) is 6.61. The first-order valence-corrected chi connectivity index (χ1v) is 6.94. The average Bonchev–Trinajstić information content (AvgIpc) is 2.68. The van der Waals surface area contributed by atoms with Gasteiger partial charge in [-0.1, -0.05) is 20.3 Å². The molecule has 1 unspecified atom stereocenters. The number of fused-ring (bicyclic) bond motifs is 1. The number of hydrogen-bond acceptors (Lipinski definition) is 4. The summed E-state index contributed by atoms with van der Waals surface area (Å²) in [5, 5.41) is 3.43. The third kappa shape index (κ3) is 2.67. The normalized spacial score (nSPS) is 22.5. The fraction of sp³-hybridized carbons (Fsp3) is 0.533. The molecule has 1 atom stereocenters. The minimum Gasteiger partial charge on any atom is -0.424 e. The molecule has 3 N–H and O–H groups in total. The van der Waals surface area contributed by atoms with Crippen LogP contribution in [0, 0.1) is 5.41 Å². The summed E-state index contributed by atoms with van der Waals surface area (Å²) in [4.78, 5) is 4.46. The average molecular weight is 259 g/mol. The van der Waals surface area contributed by atoms with Crippen molar-refractivity contribution in [1.29, 1.82) is 0 Å². The van der Waals surface area contributed by atoms with Gasteiger partial charge in [0, 0.05) is 11.7 Å². The van der Waals surface area contributed by atoms with Crippen molar-refractivity contribution in [2.75, 3.05) is 11.1 Å². The van der Waals surface area contributed by atoms with Gasteiger partial charge in [-0.15, -0.1) is 0 Å². The van der Waals surface area contributed by atoms with Crippen molar-refractivity contribution in [3.05, 3.63) is 18.2 Å². The fourth-order valence-electron chi connectivity index (χ4n) is 3.00. The molecule has 0 bridgehead atoms. The number of hydrogen-bond donors (Lipinski definition) is 2. The first-order valence-electron chi connectivity index (χ1n) is 6.94. The quantitative estimate of drug-likeness (QED) is 0.805. The molecule has 4 nitrogen and oxygen atoms in total. The van der Waals surface area contributed by atoms with Gasteiger partial charge in [0.25, 0.3) is 6.01 Å². The summed E-state index contributed by atoms with van der Waals surface area (Å²) in [5.74, 6) is 0. The van der Waals surface area contributed by atoms with E-state index in [2.05, 4.69) is 24.1 Å². The summed E-state index contributed by atoms with van der Waals surface area (Å²) >= 11 is 0. The molecule has 4 heteroatoms. The third-order valence-electron chi connectivity index (χ3n) is 3.94. The molecular weight excluding hydrogens is 238 g/mol. The van der Waals surface area contributed by atoms with Crippen molar-refractivity contribution < 1.29 is 4.42 Å². The van der Waals surface area contributed by atoms with Gasteiger partial charge in [0.05, 0.1) is 0 Å². The molecule has 102 valence electrons. The molecule has 1 aromatic heterocycles. The fourth-order valence-corrected chi connectivity index (χ4v) is 3.00. The van der Waals surface area contributed by atoms with Crippen molar-refractivity contribution >= 4 is 22.8 Å². The molecule has 1 aliphatic rings. The van der Waals surface area contributed by atoms with Crippen LogP contribution in [0.5, 0.6) is 0 Å².